The van der Waals surface area contributed by atoms with Gasteiger partial charge in [0, 0.05) is 10.6 Å². The molecule has 0 aliphatic rings. The molecule has 0 bridgehead atoms. The van der Waals surface area contributed by atoms with Crippen LogP contribution < -0.4 is 14.8 Å². The maximum absolute atomic E-state index is 12.5. The van der Waals surface area contributed by atoms with Crippen molar-refractivity contribution in [2.75, 3.05) is 19.0 Å². The molecule has 1 N–H and O–H groups in total. The van der Waals surface area contributed by atoms with Gasteiger partial charge in [-0.25, -0.2) is 0 Å². The number of halogens is 3. The predicted molar refractivity (Wildman–Crippen MR) is 101 cm³/mol. The third-order valence-electron chi connectivity index (χ3n) is 3.12. The second kappa shape index (κ2) is 8.60. The maximum Gasteiger partial charge on any atom is 0.255 e. The smallest absolute Gasteiger partial charge is 0.255 e. The van der Waals surface area contributed by atoms with Gasteiger partial charge in [-0.2, -0.15) is 0 Å². The summed E-state index contributed by atoms with van der Waals surface area (Å²) < 4.78 is 11.6. The molecule has 0 aliphatic carbocycles. The van der Waals surface area contributed by atoms with E-state index in [4.69, 9.17) is 32.7 Å². The molecule has 2 rings (SSSR count). The molecular formula is C17H16BrCl2NO3. The molecule has 0 unspecified atom stereocenters. The molecule has 0 saturated carbocycles. The van der Waals surface area contributed by atoms with Crippen LogP contribution in [0.1, 0.15) is 23.7 Å². The summed E-state index contributed by atoms with van der Waals surface area (Å²) in [7, 11) is 1.53. The third-order valence-corrected chi connectivity index (χ3v) is 4.26. The van der Waals surface area contributed by atoms with Crippen LogP contribution >= 0.6 is 39.1 Å². The lowest BCUT2D eigenvalue weighted by molar-refractivity contribution is 0.102. The fourth-order valence-electron chi connectivity index (χ4n) is 1.98. The molecule has 0 heterocycles. The first-order valence-electron chi connectivity index (χ1n) is 7.23. The standard InChI is InChI=1S/C17H16BrCl2NO3/c1-3-6-24-16-12(18)7-10(8-15(16)23-2)17(22)21-14-5-4-11(19)9-13(14)20/h4-5,7-9H,3,6H2,1-2H3,(H,21,22). The van der Waals surface area contributed by atoms with Crippen molar-refractivity contribution in [2.24, 2.45) is 0 Å². The van der Waals surface area contributed by atoms with Gasteiger partial charge in [-0.1, -0.05) is 30.1 Å². The summed E-state index contributed by atoms with van der Waals surface area (Å²) in [6, 6.07) is 8.16. The van der Waals surface area contributed by atoms with Crippen LogP contribution in [0.2, 0.25) is 10.0 Å². The van der Waals surface area contributed by atoms with E-state index in [-0.39, 0.29) is 5.91 Å². The number of hydrogen-bond donors (Lipinski definition) is 1. The monoisotopic (exact) mass is 431 g/mol. The molecule has 7 heteroatoms. The molecular weight excluding hydrogens is 417 g/mol. The molecule has 0 fully saturated rings. The lowest BCUT2D eigenvalue weighted by Crippen LogP contribution is -2.13. The van der Waals surface area contributed by atoms with E-state index in [0.29, 0.717) is 43.9 Å². The summed E-state index contributed by atoms with van der Waals surface area (Å²) in [4.78, 5) is 12.5. The first-order chi connectivity index (χ1) is 11.5. The Morgan fingerprint density at radius 3 is 2.62 bits per heavy atom. The maximum atomic E-state index is 12.5. The van der Waals surface area contributed by atoms with Gasteiger partial charge in [-0.05, 0) is 52.7 Å². The van der Waals surface area contributed by atoms with E-state index in [1.807, 2.05) is 6.92 Å². The normalized spacial score (nSPS) is 10.4. The van der Waals surface area contributed by atoms with E-state index in [1.165, 1.54) is 7.11 Å². The summed E-state index contributed by atoms with van der Waals surface area (Å²) >= 11 is 15.4. The van der Waals surface area contributed by atoms with Crippen molar-refractivity contribution in [1.82, 2.24) is 0 Å². The van der Waals surface area contributed by atoms with Gasteiger partial charge in [0.1, 0.15) is 0 Å². The van der Waals surface area contributed by atoms with Crippen LogP contribution in [-0.4, -0.2) is 19.6 Å². The number of carbonyl (C=O) groups is 1. The van der Waals surface area contributed by atoms with Gasteiger partial charge in [0.25, 0.3) is 5.91 Å². The number of hydrogen-bond acceptors (Lipinski definition) is 3. The molecule has 0 spiro atoms. The van der Waals surface area contributed by atoms with Crippen molar-refractivity contribution >= 4 is 50.7 Å². The molecule has 0 saturated heterocycles. The highest BCUT2D eigenvalue weighted by molar-refractivity contribution is 9.10. The minimum Gasteiger partial charge on any atom is -0.493 e. The summed E-state index contributed by atoms with van der Waals surface area (Å²) in [6.07, 6.45) is 0.868. The quantitative estimate of drug-likeness (QED) is 0.626. The van der Waals surface area contributed by atoms with E-state index < -0.39 is 0 Å². The van der Waals surface area contributed by atoms with Crippen LogP contribution in [0.5, 0.6) is 11.5 Å². The Labute approximate surface area is 159 Å². The Hall–Kier alpha value is -1.43. The molecule has 2 aromatic rings. The van der Waals surface area contributed by atoms with Gasteiger partial charge >= 0.3 is 0 Å². The first-order valence-corrected chi connectivity index (χ1v) is 8.78. The number of ether oxygens (including phenoxy) is 2. The molecule has 0 aliphatic heterocycles. The Morgan fingerprint density at radius 1 is 1.25 bits per heavy atom. The summed E-state index contributed by atoms with van der Waals surface area (Å²) in [5, 5.41) is 3.61. The fourth-order valence-corrected chi connectivity index (χ4v) is 2.99. The van der Waals surface area contributed by atoms with Crippen LogP contribution in [-0.2, 0) is 0 Å². The second-order valence-electron chi connectivity index (χ2n) is 4.92. The van der Waals surface area contributed by atoms with Gasteiger partial charge in [-0.15, -0.1) is 0 Å². The average molecular weight is 433 g/mol. The molecule has 0 radical (unpaired) electrons. The highest BCUT2D eigenvalue weighted by Crippen LogP contribution is 2.37. The third kappa shape index (κ3) is 4.56. The number of nitrogens with one attached hydrogen (secondary N) is 1. The van der Waals surface area contributed by atoms with Gasteiger partial charge in [0.15, 0.2) is 11.5 Å². The fraction of sp³-hybridized carbons (Fsp3) is 0.235. The number of amides is 1. The number of methoxy groups -OCH3 is 1. The van der Waals surface area contributed by atoms with E-state index in [9.17, 15) is 4.79 Å². The SMILES string of the molecule is CCCOc1c(Br)cc(C(=O)Nc2ccc(Cl)cc2Cl)cc1OC. The van der Waals surface area contributed by atoms with Crippen LogP contribution in [0.25, 0.3) is 0 Å². The lowest BCUT2D eigenvalue weighted by Gasteiger charge is -2.14. The van der Waals surface area contributed by atoms with Gasteiger partial charge in [0.05, 0.1) is 28.9 Å². The zero-order chi connectivity index (χ0) is 17.7. The summed E-state index contributed by atoms with van der Waals surface area (Å²) in [6.45, 7) is 2.57. The molecule has 4 nitrogen and oxygen atoms in total. The number of carbonyl (C=O) groups excluding carboxylic acids is 1. The van der Waals surface area contributed by atoms with Crippen LogP contribution in [0.15, 0.2) is 34.8 Å². The second-order valence-corrected chi connectivity index (χ2v) is 6.61. The molecule has 0 atom stereocenters. The van der Waals surface area contributed by atoms with E-state index >= 15 is 0 Å². The first kappa shape index (κ1) is 18.9. The molecule has 0 aromatic heterocycles. The highest BCUT2D eigenvalue weighted by atomic mass is 79.9. The Kier molecular flexibility index (Phi) is 6.78. The van der Waals surface area contributed by atoms with Crippen molar-refractivity contribution in [3.63, 3.8) is 0 Å². The van der Waals surface area contributed by atoms with Gasteiger partial charge in [-0.3, -0.25) is 4.79 Å². The Balaban J connectivity index is 2.27. The zero-order valence-corrected chi connectivity index (χ0v) is 16.3. The predicted octanol–water partition coefficient (Wildman–Crippen LogP) is 5.81. The number of rotatable bonds is 6. The molecule has 24 heavy (non-hydrogen) atoms. The van der Waals surface area contributed by atoms with Crippen molar-refractivity contribution in [3.8, 4) is 11.5 Å². The van der Waals surface area contributed by atoms with Crippen molar-refractivity contribution in [3.05, 3.63) is 50.4 Å². The van der Waals surface area contributed by atoms with Gasteiger partial charge < -0.3 is 14.8 Å². The highest BCUT2D eigenvalue weighted by Gasteiger charge is 2.16. The average Bonchev–Trinajstić information content (AvgIpc) is 2.55. The molecule has 1 amide bonds. The van der Waals surface area contributed by atoms with Crippen molar-refractivity contribution in [1.29, 1.82) is 0 Å². The topological polar surface area (TPSA) is 47.6 Å². The Bertz CT molecular complexity index is 753. The molecule has 128 valence electrons. The van der Waals surface area contributed by atoms with Crippen molar-refractivity contribution in [2.45, 2.75) is 13.3 Å². The molecule has 2 aromatic carbocycles. The van der Waals surface area contributed by atoms with Crippen LogP contribution in [0.3, 0.4) is 0 Å². The summed E-state index contributed by atoms with van der Waals surface area (Å²) in [5.41, 5.74) is 0.890. The van der Waals surface area contributed by atoms with E-state index in [2.05, 4.69) is 21.2 Å². The van der Waals surface area contributed by atoms with E-state index in [1.54, 1.807) is 30.3 Å². The number of anilines is 1. The van der Waals surface area contributed by atoms with Crippen LogP contribution in [0, 0.1) is 0 Å². The van der Waals surface area contributed by atoms with E-state index in [0.717, 1.165) is 6.42 Å². The minimum absolute atomic E-state index is 0.319. The Morgan fingerprint density at radius 2 is 2.00 bits per heavy atom. The minimum atomic E-state index is -0.319. The van der Waals surface area contributed by atoms with Crippen molar-refractivity contribution < 1.29 is 14.3 Å². The largest absolute Gasteiger partial charge is 0.493 e. The number of benzene rings is 2. The lowest BCUT2D eigenvalue weighted by atomic mass is 10.1. The van der Waals surface area contributed by atoms with Crippen LogP contribution in [0.4, 0.5) is 5.69 Å². The zero-order valence-electron chi connectivity index (χ0n) is 13.2. The summed E-state index contributed by atoms with van der Waals surface area (Å²) in [5.74, 6) is 0.728. The van der Waals surface area contributed by atoms with Gasteiger partial charge in [0.2, 0.25) is 0 Å².